The van der Waals surface area contributed by atoms with Crippen LogP contribution in [0.3, 0.4) is 0 Å². The largest absolute Gasteiger partial charge is 0.326 e. The Morgan fingerprint density at radius 2 is 1.81 bits per heavy atom. The van der Waals surface area contributed by atoms with Crippen molar-refractivity contribution in [3.63, 3.8) is 0 Å². The molecule has 0 heterocycles. The summed E-state index contributed by atoms with van der Waals surface area (Å²) in [6, 6.07) is 12.5. The summed E-state index contributed by atoms with van der Waals surface area (Å²) in [7, 11) is -3.58. The third kappa shape index (κ3) is 4.93. The van der Waals surface area contributed by atoms with E-state index >= 15 is 0 Å². The first-order valence-corrected chi connectivity index (χ1v) is 10.7. The van der Waals surface area contributed by atoms with Crippen LogP contribution >= 0.6 is 15.9 Å². The van der Waals surface area contributed by atoms with E-state index in [-0.39, 0.29) is 17.2 Å². The number of carbonyl (C=O) groups is 1. The number of sulfonamides is 1. The Labute approximate surface area is 163 Å². The van der Waals surface area contributed by atoms with Crippen LogP contribution in [0.2, 0.25) is 0 Å². The second-order valence-corrected chi connectivity index (χ2v) is 8.75. The van der Waals surface area contributed by atoms with Crippen LogP contribution in [0.15, 0.2) is 51.8 Å². The molecule has 0 radical (unpaired) electrons. The van der Waals surface area contributed by atoms with Crippen LogP contribution in [0.5, 0.6) is 0 Å². The van der Waals surface area contributed by atoms with Crippen LogP contribution in [0.1, 0.15) is 25.0 Å². The number of nitrogens with one attached hydrogen (secondary N) is 1. The van der Waals surface area contributed by atoms with Crippen molar-refractivity contribution in [1.82, 2.24) is 4.31 Å². The third-order valence-electron chi connectivity index (χ3n) is 4.05. The van der Waals surface area contributed by atoms with E-state index in [1.54, 1.807) is 32.9 Å². The molecule has 0 saturated carbocycles. The van der Waals surface area contributed by atoms with E-state index in [0.717, 1.165) is 10.0 Å². The third-order valence-corrected chi connectivity index (χ3v) is 6.73. The van der Waals surface area contributed by atoms with Gasteiger partial charge in [0.15, 0.2) is 0 Å². The zero-order chi connectivity index (χ0) is 19.3. The lowest BCUT2D eigenvalue weighted by atomic mass is 10.1. The number of aryl methyl sites for hydroxylation is 1. The van der Waals surface area contributed by atoms with Gasteiger partial charge < -0.3 is 5.32 Å². The topological polar surface area (TPSA) is 66.5 Å². The molecule has 2 rings (SSSR count). The van der Waals surface area contributed by atoms with Gasteiger partial charge in [0.25, 0.3) is 0 Å². The van der Waals surface area contributed by atoms with Gasteiger partial charge in [-0.2, -0.15) is 4.31 Å². The lowest BCUT2D eigenvalue weighted by Crippen LogP contribution is -2.31. The van der Waals surface area contributed by atoms with Crippen molar-refractivity contribution in [3.05, 3.63) is 58.1 Å². The number of carbonyl (C=O) groups excluding carboxylic acids is 1. The second kappa shape index (κ2) is 8.79. The fourth-order valence-electron chi connectivity index (χ4n) is 2.70. The average Bonchev–Trinajstić information content (AvgIpc) is 2.57. The van der Waals surface area contributed by atoms with E-state index in [1.807, 2.05) is 24.3 Å². The molecule has 0 atom stereocenters. The normalized spacial score (nSPS) is 11.6. The van der Waals surface area contributed by atoms with Crippen LogP contribution < -0.4 is 5.32 Å². The summed E-state index contributed by atoms with van der Waals surface area (Å²) in [5, 5.41) is 2.79. The van der Waals surface area contributed by atoms with Gasteiger partial charge >= 0.3 is 0 Å². The Bertz CT molecular complexity index is 893. The highest BCUT2D eigenvalue weighted by Crippen LogP contribution is 2.24. The van der Waals surface area contributed by atoms with E-state index in [4.69, 9.17) is 0 Å². The van der Waals surface area contributed by atoms with Crippen molar-refractivity contribution < 1.29 is 13.2 Å². The predicted octanol–water partition coefficient (Wildman–Crippen LogP) is 3.97. The Morgan fingerprint density at radius 1 is 1.12 bits per heavy atom. The van der Waals surface area contributed by atoms with Gasteiger partial charge in [-0.05, 0) is 42.3 Å². The molecule has 0 bridgehead atoms. The molecule has 0 aliphatic heterocycles. The SMILES string of the molecule is CCN(CC)S(=O)(=O)c1cc(NC(=O)Cc2cccc(Br)c2)ccc1C. The van der Waals surface area contributed by atoms with Crippen molar-refractivity contribution in [2.24, 2.45) is 0 Å². The Balaban J connectivity index is 2.22. The van der Waals surface area contributed by atoms with Gasteiger partial charge in [0, 0.05) is 23.2 Å². The molecule has 0 spiro atoms. The first-order valence-electron chi connectivity index (χ1n) is 8.43. The molecule has 0 fully saturated rings. The van der Waals surface area contributed by atoms with Gasteiger partial charge in [0.2, 0.25) is 15.9 Å². The van der Waals surface area contributed by atoms with Crippen molar-refractivity contribution in [2.45, 2.75) is 32.1 Å². The highest BCUT2D eigenvalue weighted by molar-refractivity contribution is 9.10. The smallest absolute Gasteiger partial charge is 0.243 e. The van der Waals surface area contributed by atoms with E-state index in [9.17, 15) is 13.2 Å². The van der Waals surface area contributed by atoms with Crippen LogP contribution in [-0.2, 0) is 21.2 Å². The lowest BCUT2D eigenvalue weighted by molar-refractivity contribution is -0.115. The molecule has 0 aliphatic rings. The molecule has 26 heavy (non-hydrogen) atoms. The fraction of sp³-hybridized carbons (Fsp3) is 0.316. The molecule has 2 aromatic carbocycles. The second-order valence-electron chi connectivity index (χ2n) is 5.92. The molecular weight excluding hydrogens is 416 g/mol. The maximum absolute atomic E-state index is 12.8. The maximum atomic E-state index is 12.8. The number of rotatable bonds is 7. The van der Waals surface area contributed by atoms with Crippen LogP contribution in [0.4, 0.5) is 5.69 Å². The van der Waals surface area contributed by atoms with E-state index < -0.39 is 10.0 Å². The zero-order valence-corrected chi connectivity index (χ0v) is 17.5. The van der Waals surface area contributed by atoms with Crippen LogP contribution in [-0.4, -0.2) is 31.7 Å². The van der Waals surface area contributed by atoms with Gasteiger partial charge in [-0.25, -0.2) is 8.42 Å². The van der Waals surface area contributed by atoms with Gasteiger partial charge in [-0.1, -0.05) is 48.0 Å². The minimum absolute atomic E-state index is 0.196. The van der Waals surface area contributed by atoms with Gasteiger partial charge in [-0.15, -0.1) is 0 Å². The van der Waals surface area contributed by atoms with Crippen molar-refractivity contribution in [1.29, 1.82) is 0 Å². The minimum Gasteiger partial charge on any atom is -0.326 e. The molecule has 0 unspecified atom stereocenters. The summed E-state index contributed by atoms with van der Waals surface area (Å²) in [6.07, 6.45) is 0.214. The standard InChI is InChI=1S/C19H23BrN2O3S/c1-4-22(5-2)26(24,25)18-13-17(10-9-14(18)3)21-19(23)12-15-7-6-8-16(20)11-15/h6-11,13H,4-5,12H2,1-3H3,(H,21,23). The van der Waals surface area contributed by atoms with Crippen molar-refractivity contribution >= 4 is 37.5 Å². The predicted molar refractivity (Wildman–Crippen MR) is 108 cm³/mol. The Hall–Kier alpha value is -1.70. The van der Waals surface area contributed by atoms with E-state index in [1.165, 1.54) is 10.4 Å². The molecule has 7 heteroatoms. The number of amides is 1. The number of nitrogens with zero attached hydrogens (tertiary/aromatic N) is 1. The quantitative estimate of drug-likeness (QED) is 0.710. The van der Waals surface area contributed by atoms with Gasteiger partial charge in [-0.3, -0.25) is 4.79 Å². The molecule has 1 amide bonds. The van der Waals surface area contributed by atoms with E-state index in [0.29, 0.717) is 24.3 Å². The van der Waals surface area contributed by atoms with Gasteiger partial charge in [0.1, 0.15) is 0 Å². The maximum Gasteiger partial charge on any atom is 0.243 e. The number of hydrogen-bond donors (Lipinski definition) is 1. The summed E-state index contributed by atoms with van der Waals surface area (Å²) >= 11 is 3.38. The Morgan fingerprint density at radius 3 is 2.42 bits per heavy atom. The molecular formula is C19H23BrN2O3S. The number of anilines is 1. The highest BCUT2D eigenvalue weighted by atomic mass is 79.9. The molecule has 2 aromatic rings. The molecule has 1 N–H and O–H groups in total. The molecule has 0 aliphatic carbocycles. The van der Waals surface area contributed by atoms with Crippen molar-refractivity contribution in [2.75, 3.05) is 18.4 Å². The Kier molecular flexibility index (Phi) is 6.97. The van der Waals surface area contributed by atoms with Crippen LogP contribution in [0.25, 0.3) is 0 Å². The zero-order valence-electron chi connectivity index (χ0n) is 15.1. The first-order chi connectivity index (χ1) is 12.3. The molecule has 0 aromatic heterocycles. The number of hydrogen-bond acceptors (Lipinski definition) is 3. The summed E-state index contributed by atoms with van der Waals surface area (Å²) in [5.74, 6) is -0.196. The summed E-state index contributed by atoms with van der Waals surface area (Å²) in [5.41, 5.74) is 2.00. The lowest BCUT2D eigenvalue weighted by Gasteiger charge is -2.20. The number of benzene rings is 2. The fourth-order valence-corrected chi connectivity index (χ4v) is 4.85. The summed E-state index contributed by atoms with van der Waals surface area (Å²) in [6.45, 7) is 6.17. The monoisotopic (exact) mass is 438 g/mol. The minimum atomic E-state index is -3.58. The first kappa shape index (κ1) is 20.6. The number of halogens is 1. The summed E-state index contributed by atoms with van der Waals surface area (Å²) < 4.78 is 27.9. The summed E-state index contributed by atoms with van der Waals surface area (Å²) in [4.78, 5) is 12.5. The van der Waals surface area contributed by atoms with E-state index in [2.05, 4.69) is 21.2 Å². The van der Waals surface area contributed by atoms with Crippen molar-refractivity contribution in [3.8, 4) is 0 Å². The van der Waals surface area contributed by atoms with Crippen LogP contribution in [0, 0.1) is 6.92 Å². The highest BCUT2D eigenvalue weighted by Gasteiger charge is 2.24. The molecule has 0 saturated heterocycles. The average molecular weight is 439 g/mol. The molecule has 5 nitrogen and oxygen atoms in total. The molecule has 140 valence electrons. The van der Waals surface area contributed by atoms with Gasteiger partial charge in [0.05, 0.1) is 11.3 Å².